The van der Waals surface area contributed by atoms with Crippen molar-refractivity contribution in [1.82, 2.24) is 10.7 Å². The number of rotatable bonds is 6. The van der Waals surface area contributed by atoms with Gasteiger partial charge in [-0.3, -0.25) is 19.7 Å². The molecule has 0 saturated heterocycles. The molecular formula is C16H13ClN4O4. The first kappa shape index (κ1) is 18.1. The predicted octanol–water partition coefficient (Wildman–Crippen LogP) is 2.13. The molecule has 0 aromatic heterocycles. The Labute approximate surface area is 147 Å². The molecule has 2 rings (SSSR count). The Kier molecular flexibility index (Phi) is 6.19. The number of hydrazone groups is 1. The molecule has 8 nitrogen and oxygen atoms in total. The van der Waals surface area contributed by atoms with Crippen molar-refractivity contribution in [3.8, 4) is 0 Å². The van der Waals surface area contributed by atoms with E-state index in [-0.39, 0.29) is 12.2 Å². The van der Waals surface area contributed by atoms with Crippen molar-refractivity contribution in [2.45, 2.75) is 0 Å². The molecular weight excluding hydrogens is 348 g/mol. The van der Waals surface area contributed by atoms with Crippen LogP contribution in [-0.4, -0.2) is 29.5 Å². The Morgan fingerprint density at radius 2 is 1.92 bits per heavy atom. The molecule has 0 heterocycles. The highest BCUT2D eigenvalue weighted by Gasteiger charge is 2.07. The largest absolute Gasteiger partial charge is 0.343 e. The summed E-state index contributed by atoms with van der Waals surface area (Å²) < 4.78 is 0. The van der Waals surface area contributed by atoms with Gasteiger partial charge in [-0.1, -0.05) is 23.7 Å². The average molecular weight is 361 g/mol. The van der Waals surface area contributed by atoms with Crippen molar-refractivity contribution >= 4 is 35.3 Å². The normalized spacial score (nSPS) is 10.4. The summed E-state index contributed by atoms with van der Waals surface area (Å²) in [5.41, 5.74) is 2.97. The number of halogens is 1. The summed E-state index contributed by atoms with van der Waals surface area (Å²) >= 11 is 5.73. The van der Waals surface area contributed by atoms with Crippen LogP contribution >= 0.6 is 11.6 Å². The van der Waals surface area contributed by atoms with Gasteiger partial charge in [0.05, 0.1) is 17.7 Å². The second kappa shape index (κ2) is 8.55. The summed E-state index contributed by atoms with van der Waals surface area (Å²) in [5.74, 6) is -0.960. The first-order valence-corrected chi connectivity index (χ1v) is 7.43. The lowest BCUT2D eigenvalue weighted by Gasteiger charge is -2.04. The van der Waals surface area contributed by atoms with Gasteiger partial charge in [0, 0.05) is 28.3 Å². The predicted molar refractivity (Wildman–Crippen MR) is 92.6 cm³/mol. The van der Waals surface area contributed by atoms with Crippen LogP contribution in [-0.2, 0) is 4.79 Å². The van der Waals surface area contributed by atoms with Gasteiger partial charge in [-0.15, -0.1) is 0 Å². The molecule has 0 aliphatic heterocycles. The molecule has 0 radical (unpaired) electrons. The molecule has 0 unspecified atom stereocenters. The second-order valence-corrected chi connectivity index (χ2v) is 5.27. The number of hydrogen-bond donors (Lipinski definition) is 2. The van der Waals surface area contributed by atoms with Crippen molar-refractivity contribution < 1.29 is 14.5 Å². The molecule has 0 spiro atoms. The monoisotopic (exact) mass is 360 g/mol. The van der Waals surface area contributed by atoms with Gasteiger partial charge < -0.3 is 5.32 Å². The minimum atomic E-state index is -0.538. The first-order valence-electron chi connectivity index (χ1n) is 7.06. The van der Waals surface area contributed by atoms with E-state index in [1.165, 1.54) is 36.5 Å². The highest BCUT2D eigenvalue weighted by atomic mass is 35.5. The Hall–Kier alpha value is -3.26. The zero-order valence-corrected chi connectivity index (χ0v) is 13.6. The van der Waals surface area contributed by atoms with Crippen LogP contribution in [0.2, 0.25) is 5.02 Å². The van der Waals surface area contributed by atoms with Crippen LogP contribution in [0, 0.1) is 10.1 Å². The van der Waals surface area contributed by atoms with Gasteiger partial charge in [0.2, 0.25) is 0 Å². The van der Waals surface area contributed by atoms with Gasteiger partial charge in [-0.05, 0) is 24.3 Å². The maximum atomic E-state index is 11.8. The number of non-ortho nitro benzene ring substituents is 1. The molecule has 25 heavy (non-hydrogen) atoms. The zero-order valence-electron chi connectivity index (χ0n) is 12.8. The number of nitrogens with zero attached hydrogens (tertiary/aromatic N) is 2. The summed E-state index contributed by atoms with van der Waals surface area (Å²) in [7, 11) is 0. The summed E-state index contributed by atoms with van der Waals surface area (Å²) in [6, 6.07) is 12.0. The van der Waals surface area contributed by atoms with Gasteiger partial charge in [0.25, 0.3) is 17.5 Å². The Balaban J connectivity index is 1.82. The minimum Gasteiger partial charge on any atom is -0.343 e. The fourth-order valence-corrected chi connectivity index (χ4v) is 1.93. The third kappa shape index (κ3) is 5.70. The zero-order chi connectivity index (χ0) is 18.2. The lowest BCUT2D eigenvalue weighted by molar-refractivity contribution is -0.384. The summed E-state index contributed by atoms with van der Waals surface area (Å²) in [6.45, 7) is -0.270. The molecule has 2 aromatic carbocycles. The van der Waals surface area contributed by atoms with Crippen LogP contribution in [0.5, 0.6) is 0 Å². The van der Waals surface area contributed by atoms with E-state index in [0.29, 0.717) is 16.1 Å². The van der Waals surface area contributed by atoms with E-state index in [0.717, 1.165) is 0 Å². The highest BCUT2D eigenvalue weighted by molar-refractivity contribution is 6.30. The number of hydrogen-bond acceptors (Lipinski definition) is 5. The number of benzene rings is 2. The molecule has 9 heteroatoms. The number of carbonyl (C=O) groups excluding carboxylic acids is 2. The van der Waals surface area contributed by atoms with Crippen molar-refractivity contribution in [2.75, 3.05) is 6.54 Å². The molecule has 0 aliphatic carbocycles. The highest BCUT2D eigenvalue weighted by Crippen LogP contribution is 2.11. The first-order chi connectivity index (χ1) is 12.0. The van der Waals surface area contributed by atoms with E-state index >= 15 is 0 Å². The third-order valence-corrected chi connectivity index (χ3v) is 3.25. The van der Waals surface area contributed by atoms with E-state index < -0.39 is 16.7 Å². The Morgan fingerprint density at radius 3 is 2.60 bits per heavy atom. The van der Waals surface area contributed by atoms with Crippen molar-refractivity contribution in [3.63, 3.8) is 0 Å². The lowest BCUT2D eigenvalue weighted by Crippen LogP contribution is -2.34. The molecule has 0 atom stereocenters. The van der Waals surface area contributed by atoms with Crippen LogP contribution in [0.15, 0.2) is 53.6 Å². The number of amides is 2. The van der Waals surface area contributed by atoms with Crippen LogP contribution in [0.4, 0.5) is 5.69 Å². The van der Waals surface area contributed by atoms with Gasteiger partial charge in [-0.2, -0.15) is 5.10 Å². The van der Waals surface area contributed by atoms with Crippen molar-refractivity contribution in [1.29, 1.82) is 0 Å². The van der Waals surface area contributed by atoms with Crippen molar-refractivity contribution in [3.05, 3.63) is 74.8 Å². The fourth-order valence-electron chi connectivity index (χ4n) is 1.80. The molecule has 0 saturated carbocycles. The van der Waals surface area contributed by atoms with Crippen molar-refractivity contribution in [2.24, 2.45) is 5.10 Å². The van der Waals surface area contributed by atoms with E-state index in [2.05, 4.69) is 15.8 Å². The number of nitro benzene ring substituents is 1. The summed E-state index contributed by atoms with van der Waals surface area (Å²) in [5, 5.41) is 17.3. The van der Waals surface area contributed by atoms with E-state index in [4.69, 9.17) is 11.6 Å². The van der Waals surface area contributed by atoms with E-state index in [1.807, 2.05) is 0 Å². The number of nitro groups is 1. The Morgan fingerprint density at radius 1 is 1.20 bits per heavy atom. The smallest absolute Gasteiger partial charge is 0.270 e. The molecule has 0 bridgehead atoms. The molecule has 2 N–H and O–H groups in total. The second-order valence-electron chi connectivity index (χ2n) is 4.83. The number of carbonyl (C=O) groups is 2. The van der Waals surface area contributed by atoms with Gasteiger partial charge >= 0.3 is 0 Å². The molecule has 0 fully saturated rings. The average Bonchev–Trinajstić information content (AvgIpc) is 2.60. The maximum Gasteiger partial charge on any atom is 0.270 e. The quantitative estimate of drug-likeness (QED) is 0.466. The van der Waals surface area contributed by atoms with Crippen LogP contribution in [0.1, 0.15) is 15.9 Å². The number of nitrogens with one attached hydrogen (secondary N) is 2. The minimum absolute atomic E-state index is 0.0782. The van der Waals surface area contributed by atoms with Gasteiger partial charge in [-0.25, -0.2) is 5.43 Å². The lowest BCUT2D eigenvalue weighted by atomic mass is 10.2. The fraction of sp³-hybridized carbons (Fsp3) is 0.0625. The van der Waals surface area contributed by atoms with Gasteiger partial charge in [0.1, 0.15) is 0 Å². The van der Waals surface area contributed by atoms with E-state index in [9.17, 15) is 19.7 Å². The van der Waals surface area contributed by atoms with Crippen LogP contribution < -0.4 is 10.7 Å². The Bertz CT molecular complexity index is 821. The third-order valence-electron chi connectivity index (χ3n) is 3.00. The van der Waals surface area contributed by atoms with E-state index in [1.54, 1.807) is 18.2 Å². The standard InChI is InChI=1S/C16H13ClN4O4/c17-13-6-4-12(5-7-13)16(23)18-10-15(22)20-19-9-11-2-1-3-14(8-11)21(24)25/h1-9H,10H2,(H,18,23)(H,20,22). The molecule has 2 aromatic rings. The van der Waals surface area contributed by atoms with Gasteiger partial charge in [0.15, 0.2) is 0 Å². The van der Waals surface area contributed by atoms with Crippen LogP contribution in [0.25, 0.3) is 0 Å². The summed E-state index contributed by atoms with van der Waals surface area (Å²) in [6.07, 6.45) is 1.27. The van der Waals surface area contributed by atoms with Crippen LogP contribution in [0.3, 0.4) is 0 Å². The SMILES string of the molecule is O=C(CNC(=O)c1ccc(Cl)cc1)NN=Cc1cccc([N+](=O)[O-])c1. The summed E-state index contributed by atoms with van der Waals surface area (Å²) in [4.78, 5) is 33.6. The maximum absolute atomic E-state index is 11.8. The topological polar surface area (TPSA) is 114 Å². The molecule has 128 valence electrons. The molecule has 2 amide bonds. The molecule has 0 aliphatic rings.